The van der Waals surface area contributed by atoms with E-state index < -0.39 is 0 Å². The van der Waals surface area contributed by atoms with Crippen molar-refractivity contribution in [2.24, 2.45) is 0 Å². The summed E-state index contributed by atoms with van der Waals surface area (Å²) in [5.74, 6) is 0. The molecule has 1 atom stereocenters. The van der Waals surface area contributed by atoms with Gasteiger partial charge in [-0.15, -0.1) is 0 Å². The first-order valence-corrected chi connectivity index (χ1v) is 6.14. The van der Waals surface area contributed by atoms with Gasteiger partial charge in [0.05, 0.1) is 6.10 Å². The highest BCUT2D eigenvalue weighted by Gasteiger charge is 2.14. The summed E-state index contributed by atoms with van der Waals surface area (Å²) in [6.45, 7) is 1.40. The largest absolute Gasteiger partial charge is 0.461 e. The van der Waals surface area contributed by atoms with E-state index in [1.807, 2.05) is 0 Å². The molecule has 0 bridgehead atoms. The fourth-order valence-corrected chi connectivity index (χ4v) is 1.76. The zero-order valence-electron chi connectivity index (χ0n) is 8.36. The first kappa shape index (κ1) is 11.1. The van der Waals surface area contributed by atoms with Crippen LogP contribution < -0.4 is 4.74 Å². The van der Waals surface area contributed by atoms with Crippen molar-refractivity contribution >= 4 is 22.6 Å². The number of aromatic nitrogens is 2. The van der Waals surface area contributed by atoms with Crippen molar-refractivity contribution in [1.29, 1.82) is 0 Å². The molecule has 4 nitrogen and oxygen atoms in total. The lowest BCUT2D eigenvalue weighted by Crippen LogP contribution is -2.26. The molecule has 82 valence electrons. The molecule has 0 saturated carbocycles. The van der Waals surface area contributed by atoms with Crippen LogP contribution in [-0.4, -0.2) is 29.3 Å². The van der Waals surface area contributed by atoms with Crippen molar-refractivity contribution < 1.29 is 9.47 Å². The molecule has 1 fully saturated rings. The van der Waals surface area contributed by atoms with Crippen LogP contribution in [-0.2, 0) is 4.74 Å². The number of hydrogen-bond donors (Lipinski definition) is 0. The highest BCUT2D eigenvalue weighted by Crippen LogP contribution is 2.13. The van der Waals surface area contributed by atoms with Gasteiger partial charge in [0.15, 0.2) is 0 Å². The normalized spacial score (nSPS) is 21.3. The number of hydrogen-bond acceptors (Lipinski definition) is 4. The van der Waals surface area contributed by atoms with E-state index >= 15 is 0 Å². The Balaban J connectivity index is 1.79. The van der Waals surface area contributed by atoms with Crippen molar-refractivity contribution in [1.82, 2.24) is 9.97 Å². The lowest BCUT2D eigenvalue weighted by Gasteiger charge is -2.21. The molecule has 2 heterocycles. The smallest absolute Gasteiger partial charge is 0.316 e. The van der Waals surface area contributed by atoms with Crippen molar-refractivity contribution in [3.8, 4) is 6.01 Å². The van der Waals surface area contributed by atoms with Crippen LogP contribution in [0.5, 0.6) is 6.01 Å². The van der Waals surface area contributed by atoms with E-state index in [2.05, 4.69) is 32.6 Å². The second kappa shape index (κ2) is 5.60. The number of halogens is 1. The molecule has 1 aliphatic heterocycles. The summed E-state index contributed by atoms with van der Waals surface area (Å²) >= 11 is 2.16. The molecule has 0 N–H and O–H groups in total. The zero-order valence-corrected chi connectivity index (χ0v) is 10.5. The highest BCUT2D eigenvalue weighted by molar-refractivity contribution is 14.1. The van der Waals surface area contributed by atoms with Crippen molar-refractivity contribution in [2.45, 2.75) is 25.4 Å². The van der Waals surface area contributed by atoms with E-state index in [-0.39, 0.29) is 6.10 Å². The van der Waals surface area contributed by atoms with Crippen molar-refractivity contribution in [2.75, 3.05) is 13.2 Å². The number of rotatable bonds is 3. The minimum absolute atomic E-state index is 0.210. The minimum atomic E-state index is 0.210. The van der Waals surface area contributed by atoms with Crippen LogP contribution in [0.25, 0.3) is 0 Å². The molecule has 1 unspecified atom stereocenters. The highest BCUT2D eigenvalue weighted by atomic mass is 127. The SMILES string of the molecule is Ic1cnc(OCC2CCCCO2)nc1. The molecule has 1 saturated heterocycles. The van der Waals surface area contributed by atoms with E-state index in [1.54, 1.807) is 12.4 Å². The Labute approximate surface area is 103 Å². The predicted molar refractivity (Wildman–Crippen MR) is 63.8 cm³/mol. The van der Waals surface area contributed by atoms with Gasteiger partial charge in [0.2, 0.25) is 0 Å². The van der Waals surface area contributed by atoms with Crippen molar-refractivity contribution in [3.63, 3.8) is 0 Å². The Hall–Kier alpha value is -0.430. The average Bonchev–Trinajstić information content (AvgIpc) is 2.30. The van der Waals surface area contributed by atoms with Gasteiger partial charge in [0, 0.05) is 22.6 Å². The molecule has 1 aliphatic rings. The Bertz CT molecular complexity index is 299. The fraction of sp³-hybridized carbons (Fsp3) is 0.600. The van der Waals surface area contributed by atoms with Crippen LogP contribution in [0.4, 0.5) is 0 Å². The van der Waals surface area contributed by atoms with Crippen LogP contribution >= 0.6 is 22.6 Å². The summed E-state index contributed by atoms with van der Waals surface area (Å²) in [5, 5.41) is 0. The van der Waals surface area contributed by atoms with Gasteiger partial charge in [-0.05, 0) is 41.9 Å². The maximum absolute atomic E-state index is 5.54. The summed E-state index contributed by atoms with van der Waals surface area (Å²) in [6, 6.07) is 0.435. The lowest BCUT2D eigenvalue weighted by molar-refractivity contribution is -0.0129. The average molecular weight is 320 g/mol. The van der Waals surface area contributed by atoms with Gasteiger partial charge in [0.1, 0.15) is 6.61 Å². The summed E-state index contributed by atoms with van der Waals surface area (Å²) in [5.41, 5.74) is 0. The van der Waals surface area contributed by atoms with Gasteiger partial charge in [-0.3, -0.25) is 0 Å². The van der Waals surface area contributed by atoms with E-state index in [0.29, 0.717) is 12.6 Å². The third-order valence-electron chi connectivity index (χ3n) is 2.27. The molecule has 5 heteroatoms. The molecule has 0 amide bonds. The molecule has 0 aliphatic carbocycles. The molecule has 0 radical (unpaired) electrons. The monoisotopic (exact) mass is 320 g/mol. The Kier molecular flexibility index (Phi) is 4.13. The maximum Gasteiger partial charge on any atom is 0.316 e. The third kappa shape index (κ3) is 3.57. The number of nitrogens with zero attached hydrogens (tertiary/aromatic N) is 2. The molecule has 0 spiro atoms. The fourth-order valence-electron chi connectivity index (χ4n) is 1.48. The van der Waals surface area contributed by atoms with Gasteiger partial charge >= 0.3 is 6.01 Å². The molecule has 15 heavy (non-hydrogen) atoms. The van der Waals surface area contributed by atoms with Gasteiger partial charge in [-0.1, -0.05) is 0 Å². The molecular weight excluding hydrogens is 307 g/mol. The molecule has 2 rings (SSSR count). The van der Waals surface area contributed by atoms with Crippen LogP contribution in [0.3, 0.4) is 0 Å². The van der Waals surface area contributed by atoms with Gasteiger partial charge in [-0.2, -0.15) is 0 Å². The van der Waals surface area contributed by atoms with E-state index in [4.69, 9.17) is 9.47 Å². The van der Waals surface area contributed by atoms with Gasteiger partial charge in [0.25, 0.3) is 0 Å². The van der Waals surface area contributed by atoms with Crippen LogP contribution in [0.2, 0.25) is 0 Å². The summed E-state index contributed by atoms with van der Waals surface area (Å²) in [7, 11) is 0. The van der Waals surface area contributed by atoms with E-state index in [1.165, 1.54) is 6.42 Å². The van der Waals surface area contributed by atoms with Crippen LogP contribution in [0, 0.1) is 3.57 Å². The predicted octanol–water partition coefficient (Wildman–Crippen LogP) is 2.03. The van der Waals surface area contributed by atoms with Gasteiger partial charge in [-0.25, -0.2) is 9.97 Å². The quantitative estimate of drug-likeness (QED) is 0.800. The Morgan fingerprint density at radius 2 is 2.20 bits per heavy atom. The first-order valence-electron chi connectivity index (χ1n) is 5.06. The topological polar surface area (TPSA) is 44.2 Å². The minimum Gasteiger partial charge on any atom is -0.461 e. The third-order valence-corrected chi connectivity index (χ3v) is 2.83. The molecular formula is C10H13IN2O2. The number of ether oxygens (including phenoxy) is 2. The Morgan fingerprint density at radius 1 is 1.40 bits per heavy atom. The lowest BCUT2D eigenvalue weighted by atomic mass is 10.1. The summed E-state index contributed by atoms with van der Waals surface area (Å²) in [6.07, 6.45) is 7.15. The second-order valence-corrected chi connectivity index (χ2v) is 4.73. The first-order chi connectivity index (χ1) is 7.34. The van der Waals surface area contributed by atoms with E-state index in [0.717, 1.165) is 23.0 Å². The zero-order chi connectivity index (χ0) is 10.5. The summed E-state index contributed by atoms with van der Waals surface area (Å²) < 4.78 is 12.0. The van der Waals surface area contributed by atoms with Gasteiger partial charge < -0.3 is 9.47 Å². The molecule has 1 aromatic heterocycles. The van der Waals surface area contributed by atoms with Crippen LogP contribution in [0.1, 0.15) is 19.3 Å². The van der Waals surface area contributed by atoms with Crippen molar-refractivity contribution in [3.05, 3.63) is 16.0 Å². The molecule has 1 aromatic rings. The second-order valence-electron chi connectivity index (χ2n) is 3.48. The maximum atomic E-state index is 5.54. The molecule has 0 aromatic carbocycles. The summed E-state index contributed by atoms with van der Waals surface area (Å²) in [4.78, 5) is 8.13. The van der Waals surface area contributed by atoms with Crippen LogP contribution in [0.15, 0.2) is 12.4 Å². The Morgan fingerprint density at radius 3 is 2.87 bits per heavy atom. The van der Waals surface area contributed by atoms with E-state index in [9.17, 15) is 0 Å². The standard InChI is InChI=1S/C10H13IN2O2/c11-8-5-12-10(13-6-8)15-7-9-3-1-2-4-14-9/h5-6,9H,1-4,7H2.